The lowest BCUT2D eigenvalue weighted by Crippen LogP contribution is -2.72. The fourth-order valence-electron chi connectivity index (χ4n) is 9.89. The molecule has 1 saturated carbocycles. The topological polar surface area (TPSA) is 118 Å². The minimum atomic E-state index is -1.57. The summed E-state index contributed by atoms with van der Waals surface area (Å²) in [7, 11) is 2.14. The van der Waals surface area contributed by atoms with E-state index < -0.39 is 28.3 Å². The smallest absolute Gasteiger partial charge is 0.246 e. The van der Waals surface area contributed by atoms with E-state index in [0.717, 1.165) is 51.1 Å². The van der Waals surface area contributed by atoms with Crippen LogP contribution in [-0.4, -0.2) is 101 Å². The molecule has 302 valence electrons. The van der Waals surface area contributed by atoms with Gasteiger partial charge in [0.25, 0.3) is 0 Å². The van der Waals surface area contributed by atoms with Gasteiger partial charge in [-0.15, -0.1) is 0 Å². The summed E-state index contributed by atoms with van der Waals surface area (Å²) in [6.45, 7) is 21.5. The molecule has 5 atom stereocenters. The molecule has 1 spiro atoms. The number of phenolic OH excluding ortho intramolecular Hbond substituents is 1. The molecule has 8 rings (SSSR count). The van der Waals surface area contributed by atoms with Gasteiger partial charge >= 0.3 is 0 Å². The molecule has 10 nitrogen and oxygen atoms in total. The van der Waals surface area contributed by atoms with Crippen molar-refractivity contribution in [3.05, 3.63) is 69.4 Å². The number of hydrogen-bond acceptors (Lipinski definition) is 9. The number of ether oxygens (including phenoxy) is 3. The Hall–Kier alpha value is -3.99. The predicted octanol–water partition coefficient (Wildman–Crippen LogP) is 6.91. The van der Waals surface area contributed by atoms with E-state index in [9.17, 15) is 14.7 Å². The van der Waals surface area contributed by atoms with Gasteiger partial charge in [-0.2, -0.15) is 0 Å². The maximum Gasteiger partial charge on any atom is 0.246 e. The zero-order valence-electron chi connectivity index (χ0n) is 34.9. The highest BCUT2D eigenvalue weighted by molar-refractivity contribution is 6.19. The minimum absolute atomic E-state index is 0.0602. The maximum absolute atomic E-state index is 15.0. The van der Waals surface area contributed by atoms with Gasteiger partial charge in [-0.05, 0) is 113 Å². The number of phenols is 1. The molecular weight excluding hydrogens is 707 g/mol. The standard InChI is InChI=1S/C46H61N3O7/c1-28(2)12-10-17-44(8)18-16-32-37(50)36-38(51)34-26-31-27-35-43(6,7)56-45(41(31)52,46(34,35)55-40(36)33(39(32)54-44)14-13-29(3)4)19-15-30(5)42(53)47-20-11-21-49-24-22-48(9)23-25-49/h12-13,15-16,18,26,31,35,50H,10-11,14,17,19-25,27H2,1-9H3,(H,47,53). The van der Waals surface area contributed by atoms with E-state index in [4.69, 9.17) is 14.2 Å². The molecule has 0 radical (unpaired) electrons. The molecule has 4 bridgehead atoms. The highest BCUT2D eigenvalue weighted by atomic mass is 16.6. The van der Waals surface area contributed by atoms with Crippen molar-refractivity contribution in [2.75, 3.05) is 46.3 Å². The molecule has 10 heteroatoms. The van der Waals surface area contributed by atoms with Crippen LogP contribution in [0.3, 0.4) is 0 Å². The van der Waals surface area contributed by atoms with Crippen LogP contribution in [0.4, 0.5) is 0 Å². The molecule has 4 heterocycles. The van der Waals surface area contributed by atoms with Crippen LogP contribution in [0.5, 0.6) is 17.2 Å². The molecule has 7 aliphatic rings. The van der Waals surface area contributed by atoms with Crippen molar-refractivity contribution in [3.63, 3.8) is 0 Å². The van der Waals surface area contributed by atoms with Gasteiger partial charge in [0, 0.05) is 67.7 Å². The molecule has 2 saturated heterocycles. The van der Waals surface area contributed by atoms with Crippen molar-refractivity contribution >= 4 is 23.5 Å². The molecule has 4 aliphatic heterocycles. The largest absolute Gasteiger partial charge is 0.506 e. The van der Waals surface area contributed by atoms with Gasteiger partial charge < -0.3 is 34.4 Å². The number of rotatable bonds is 12. The van der Waals surface area contributed by atoms with Crippen molar-refractivity contribution < 1.29 is 33.7 Å². The monoisotopic (exact) mass is 767 g/mol. The number of amides is 1. The van der Waals surface area contributed by atoms with Crippen LogP contribution in [0.1, 0.15) is 109 Å². The third-order valence-corrected chi connectivity index (χ3v) is 13.0. The summed E-state index contributed by atoms with van der Waals surface area (Å²) in [5.41, 5.74) is -0.209. The van der Waals surface area contributed by atoms with Gasteiger partial charge in [-0.1, -0.05) is 35.5 Å². The zero-order valence-corrected chi connectivity index (χ0v) is 34.9. The molecular formula is C46H61N3O7. The second kappa shape index (κ2) is 14.7. The number of Topliss-reactive ketones (excluding diaryl/α,β-unsaturated/α-hetero) is 2. The molecule has 1 aromatic carbocycles. The lowest BCUT2D eigenvalue weighted by molar-refractivity contribution is -0.171. The first kappa shape index (κ1) is 40.2. The fraction of sp³-hybridized carbons (Fsp3) is 0.587. The Morgan fingerprint density at radius 3 is 2.39 bits per heavy atom. The van der Waals surface area contributed by atoms with E-state index in [1.165, 1.54) is 5.57 Å². The second-order valence-corrected chi connectivity index (χ2v) is 18.2. The summed E-state index contributed by atoms with van der Waals surface area (Å²) < 4.78 is 21.1. The van der Waals surface area contributed by atoms with Gasteiger partial charge in [0.1, 0.15) is 28.4 Å². The van der Waals surface area contributed by atoms with Crippen LogP contribution < -0.4 is 14.8 Å². The average molecular weight is 768 g/mol. The maximum atomic E-state index is 15.0. The molecule has 1 amide bonds. The molecule has 1 aromatic rings. The van der Waals surface area contributed by atoms with E-state index in [1.807, 2.05) is 46.8 Å². The lowest BCUT2D eigenvalue weighted by atomic mass is 9.51. The first-order valence-electron chi connectivity index (χ1n) is 20.6. The molecule has 5 unspecified atom stereocenters. The summed E-state index contributed by atoms with van der Waals surface area (Å²) >= 11 is 0. The fourth-order valence-corrected chi connectivity index (χ4v) is 9.89. The lowest BCUT2D eigenvalue weighted by Gasteiger charge is -2.56. The molecule has 2 N–H and O–H groups in total. The highest BCUT2D eigenvalue weighted by Gasteiger charge is 2.81. The van der Waals surface area contributed by atoms with Crippen LogP contribution in [0.15, 0.2) is 52.7 Å². The van der Waals surface area contributed by atoms with Crippen molar-refractivity contribution in [1.82, 2.24) is 15.1 Å². The van der Waals surface area contributed by atoms with Gasteiger partial charge in [0.2, 0.25) is 5.91 Å². The van der Waals surface area contributed by atoms with Crippen LogP contribution in [-0.2, 0) is 20.7 Å². The van der Waals surface area contributed by atoms with Crippen LogP contribution in [0, 0.1) is 11.8 Å². The minimum Gasteiger partial charge on any atom is -0.506 e. The number of ketones is 2. The Labute approximate surface area is 332 Å². The number of allylic oxidation sites excluding steroid dienone is 5. The van der Waals surface area contributed by atoms with E-state index in [0.29, 0.717) is 53.8 Å². The average Bonchev–Trinajstić information content (AvgIpc) is 3.29. The second-order valence-electron chi connectivity index (χ2n) is 18.2. The van der Waals surface area contributed by atoms with Crippen molar-refractivity contribution in [2.45, 2.75) is 116 Å². The molecule has 0 aromatic heterocycles. The number of fused-ring (bicyclic) bond motifs is 2. The summed E-state index contributed by atoms with van der Waals surface area (Å²) in [6, 6.07) is 0. The quantitative estimate of drug-likeness (QED) is 0.133. The van der Waals surface area contributed by atoms with E-state index in [1.54, 1.807) is 19.1 Å². The molecule has 3 aliphatic carbocycles. The van der Waals surface area contributed by atoms with Crippen molar-refractivity contribution in [1.29, 1.82) is 0 Å². The zero-order chi connectivity index (χ0) is 40.4. The summed E-state index contributed by atoms with van der Waals surface area (Å²) in [6.07, 6.45) is 14.9. The van der Waals surface area contributed by atoms with E-state index in [-0.39, 0.29) is 46.9 Å². The van der Waals surface area contributed by atoms with Crippen LogP contribution in [0.2, 0.25) is 0 Å². The summed E-state index contributed by atoms with van der Waals surface area (Å²) in [4.78, 5) is 47.9. The number of hydrogen-bond donors (Lipinski definition) is 2. The SMILES string of the molecule is CC(C)=CCCC1(C)C=Cc2c(O)c3c(c(CC=C(C)C)c2O1)OC12C(=CC4CC1C(C)(C)OC2(CC=C(C)C(=O)NCCCN1CCN(C)CC1)C4=O)C3=O. The van der Waals surface area contributed by atoms with E-state index >= 15 is 4.79 Å². The molecule has 3 fully saturated rings. The summed E-state index contributed by atoms with van der Waals surface area (Å²) in [5.74, 6) is -1.07. The molecule has 56 heavy (non-hydrogen) atoms. The van der Waals surface area contributed by atoms with E-state index in [2.05, 4.69) is 48.2 Å². The Balaban J connectivity index is 1.25. The van der Waals surface area contributed by atoms with Gasteiger partial charge in [-0.3, -0.25) is 14.4 Å². The third kappa shape index (κ3) is 6.69. The number of benzene rings is 1. The van der Waals surface area contributed by atoms with Gasteiger partial charge in [0.05, 0.1) is 11.2 Å². The Morgan fingerprint density at radius 1 is 0.982 bits per heavy atom. The number of likely N-dealkylation sites (N-methyl/N-ethyl adjacent to an activating group) is 1. The first-order valence-corrected chi connectivity index (χ1v) is 20.6. The first-order chi connectivity index (χ1) is 26.4. The van der Waals surface area contributed by atoms with Gasteiger partial charge in [0.15, 0.2) is 22.8 Å². The third-order valence-electron chi connectivity index (χ3n) is 13.0. The number of carbonyl (C=O) groups excluding carboxylic acids is 3. The summed E-state index contributed by atoms with van der Waals surface area (Å²) in [5, 5.41) is 15.0. The highest BCUT2D eigenvalue weighted by Crippen LogP contribution is 2.68. The van der Waals surface area contributed by atoms with Crippen LogP contribution >= 0.6 is 0 Å². The number of piperazine rings is 1. The number of nitrogens with zero attached hydrogens (tertiary/aromatic N) is 2. The number of nitrogens with one attached hydrogen (secondary N) is 1. The van der Waals surface area contributed by atoms with Crippen molar-refractivity contribution in [3.8, 4) is 17.2 Å². The Kier molecular flexibility index (Phi) is 10.6. The number of carbonyl (C=O) groups is 3. The number of aromatic hydroxyl groups is 1. The normalized spacial score (nSPS) is 30.1. The van der Waals surface area contributed by atoms with Crippen LogP contribution in [0.25, 0.3) is 6.08 Å². The Bertz CT molecular complexity index is 1970. The van der Waals surface area contributed by atoms with Gasteiger partial charge in [-0.25, -0.2) is 0 Å². The predicted molar refractivity (Wildman–Crippen MR) is 218 cm³/mol. The Morgan fingerprint density at radius 2 is 1.70 bits per heavy atom. The van der Waals surface area contributed by atoms with Crippen molar-refractivity contribution in [2.24, 2.45) is 11.8 Å².